The van der Waals surface area contributed by atoms with E-state index in [1.165, 1.54) is 0 Å². The maximum atomic E-state index is 12.1. The third kappa shape index (κ3) is 9.67. The van der Waals surface area contributed by atoms with Gasteiger partial charge in [0, 0.05) is 32.1 Å². The van der Waals surface area contributed by atoms with Gasteiger partial charge in [0.05, 0.1) is 6.20 Å². The van der Waals surface area contributed by atoms with E-state index in [4.69, 9.17) is 9.15 Å². The largest absolute Gasteiger partial charge is 0.444 e. The average Bonchev–Trinajstić information content (AvgIpc) is 3.05. The highest BCUT2D eigenvalue weighted by atomic mass is 16.6. The second kappa shape index (κ2) is 10.5. The number of carbonyl (C=O) groups excluding carboxylic acids is 1. The standard InChI is InChI=1S/C21H39N5O3/c1-10-22-18(25-13-17-23-12-16(28-17)20(3,4)5)24-11-15(2)14-26(9)19(27)29-21(6,7)8/h12,15H,10-11,13-14H2,1-9H3,(H2,22,24,25). The summed E-state index contributed by atoms with van der Waals surface area (Å²) in [6.07, 6.45) is 1.45. The van der Waals surface area contributed by atoms with Gasteiger partial charge in [-0.2, -0.15) is 0 Å². The van der Waals surface area contributed by atoms with Crippen molar-refractivity contribution in [2.24, 2.45) is 10.9 Å². The summed E-state index contributed by atoms with van der Waals surface area (Å²) in [7, 11) is 1.75. The van der Waals surface area contributed by atoms with Gasteiger partial charge >= 0.3 is 6.09 Å². The number of hydrogen-bond donors (Lipinski definition) is 2. The van der Waals surface area contributed by atoms with Gasteiger partial charge in [-0.05, 0) is 33.6 Å². The SMILES string of the molecule is CCNC(=NCc1ncc(C(C)(C)C)o1)NCC(C)CN(C)C(=O)OC(C)(C)C. The van der Waals surface area contributed by atoms with Crippen molar-refractivity contribution in [3.05, 3.63) is 17.8 Å². The van der Waals surface area contributed by atoms with Gasteiger partial charge in [-0.1, -0.05) is 27.7 Å². The molecular formula is C21H39N5O3. The molecule has 1 rings (SSSR count). The van der Waals surface area contributed by atoms with Crippen LogP contribution in [0.2, 0.25) is 0 Å². The Morgan fingerprint density at radius 2 is 1.93 bits per heavy atom. The van der Waals surface area contributed by atoms with Crippen molar-refractivity contribution in [2.75, 3.05) is 26.7 Å². The molecule has 1 atom stereocenters. The molecule has 1 heterocycles. The van der Waals surface area contributed by atoms with E-state index in [9.17, 15) is 4.79 Å². The maximum Gasteiger partial charge on any atom is 0.410 e. The highest BCUT2D eigenvalue weighted by Gasteiger charge is 2.21. The summed E-state index contributed by atoms with van der Waals surface area (Å²) in [6.45, 7) is 18.3. The topological polar surface area (TPSA) is 92.0 Å². The van der Waals surface area contributed by atoms with Gasteiger partial charge in [-0.15, -0.1) is 0 Å². The van der Waals surface area contributed by atoms with Crippen LogP contribution in [0.1, 0.15) is 67.0 Å². The van der Waals surface area contributed by atoms with Gasteiger partial charge < -0.3 is 24.7 Å². The van der Waals surface area contributed by atoms with Crippen molar-refractivity contribution in [3.63, 3.8) is 0 Å². The second-order valence-corrected chi connectivity index (χ2v) is 9.41. The van der Waals surface area contributed by atoms with E-state index in [0.717, 1.165) is 12.3 Å². The summed E-state index contributed by atoms with van der Waals surface area (Å²) in [5.41, 5.74) is -0.572. The molecule has 0 aromatic carbocycles. The van der Waals surface area contributed by atoms with E-state index in [2.05, 4.69) is 48.3 Å². The zero-order chi connectivity index (χ0) is 22.2. The summed E-state index contributed by atoms with van der Waals surface area (Å²) in [4.78, 5) is 22.6. The molecule has 2 N–H and O–H groups in total. The number of amides is 1. The fourth-order valence-corrected chi connectivity index (χ4v) is 2.44. The van der Waals surface area contributed by atoms with Crippen LogP contribution in [-0.4, -0.2) is 54.2 Å². The molecule has 1 aromatic heterocycles. The number of aliphatic imine (C=N–C) groups is 1. The third-order valence-electron chi connectivity index (χ3n) is 3.92. The fourth-order valence-electron chi connectivity index (χ4n) is 2.44. The van der Waals surface area contributed by atoms with Crippen molar-refractivity contribution in [3.8, 4) is 0 Å². The third-order valence-corrected chi connectivity index (χ3v) is 3.92. The summed E-state index contributed by atoms with van der Waals surface area (Å²) in [5, 5.41) is 6.53. The van der Waals surface area contributed by atoms with E-state index >= 15 is 0 Å². The molecule has 1 amide bonds. The molecule has 0 bridgehead atoms. The van der Waals surface area contributed by atoms with Crippen LogP contribution in [-0.2, 0) is 16.7 Å². The van der Waals surface area contributed by atoms with Gasteiger partial charge in [0.1, 0.15) is 17.9 Å². The molecule has 166 valence electrons. The van der Waals surface area contributed by atoms with Gasteiger partial charge in [-0.3, -0.25) is 0 Å². The number of guanidine groups is 1. The smallest absolute Gasteiger partial charge is 0.410 e. The molecule has 0 aliphatic carbocycles. The molecule has 0 aliphatic rings. The molecule has 0 spiro atoms. The highest BCUT2D eigenvalue weighted by Crippen LogP contribution is 2.22. The molecule has 8 heteroatoms. The van der Waals surface area contributed by atoms with Gasteiger partial charge in [-0.25, -0.2) is 14.8 Å². The number of nitrogens with zero attached hydrogens (tertiary/aromatic N) is 3. The van der Waals surface area contributed by atoms with Crippen LogP contribution in [0.15, 0.2) is 15.6 Å². The van der Waals surface area contributed by atoms with E-state index in [0.29, 0.717) is 31.5 Å². The van der Waals surface area contributed by atoms with Gasteiger partial charge in [0.15, 0.2) is 5.96 Å². The Labute approximate surface area is 175 Å². The van der Waals surface area contributed by atoms with Crippen molar-refractivity contribution in [1.82, 2.24) is 20.5 Å². The van der Waals surface area contributed by atoms with Crippen LogP contribution < -0.4 is 10.6 Å². The van der Waals surface area contributed by atoms with E-state index < -0.39 is 5.60 Å². The lowest BCUT2D eigenvalue weighted by atomic mass is 9.94. The predicted octanol–water partition coefficient (Wildman–Crippen LogP) is 3.53. The van der Waals surface area contributed by atoms with Crippen LogP contribution in [0.4, 0.5) is 4.79 Å². The Hall–Kier alpha value is -2.25. The van der Waals surface area contributed by atoms with Crippen molar-refractivity contribution >= 4 is 12.1 Å². The Balaban J connectivity index is 2.57. The second-order valence-electron chi connectivity index (χ2n) is 9.41. The summed E-state index contributed by atoms with van der Waals surface area (Å²) >= 11 is 0. The first-order valence-corrected chi connectivity index (χ1v) is 10.2. The molecule has 8 nitrogen and oxygen atoms in total. The number of oxazole rings is 1. The molecule has 1 aromatic rings. The predicted molar refractivity (Wildman–Crippen MR) is 116 cm³/mol. The van der Waals surface area contributed by atoms with Crippen LogP contribution in [0.25, 0.3) is 0 Å². The summed E-state index contributed by atoms with van der Waals surface area (Å²) < 4.78 is 11.2. The first kappa shape index (κ1) is 24.8. The van der Waals surface area contributed by atoms with Gasteiger partial charge in [0.2, 0.25) is 5.89 Å². The van der Waals surface area contributed by atoms with Crippen LogP contribution >= 0.6 is 0 Å². The van der Waals surface area contributed by atoms with Crippen molar-refractivity contribution in [1.29, 1.82) is 0 Å². The minimum Gasteiger partial charge on any atom is -0.444 e. The van der Waals surface area contributed by atoms with Gasteiger partial charge in [0.25, 0.3) is 0 Å². The Bertz CT molecular complexity index is 671. The molecule has 0 saturated heterocycles. The molecule has 0 radical (unpaired) electrons. The molecule has 1 unspecified atom stereocenters. The number of hydrogen-bond acceptors (Lipinski definition) is 5. The lowest BCUT2D eigenvalue weighted by molar-refractivity contribution is 0.0278. The fraction of sp³-hybridized carbons (Fsp3) is 0.762. The minimum atomic E-state index is -0.496. The van der Waals surface area contributed by atoms with Crippen LogP contribution in [0.5, 0.6) is 0 Å². The first-order valence-electron chi connectivity index (χ1n) is 10.2. The maximum absolute atomic E-state index is 12.1. The lowest BCUT2D eigenvalue weighted by Crippen LogP contribution is -2.42. The molecule has 29 heavy (non-hydrogen) atoms. The van der Waals surface area contributed by atoms with E-state index in [1.807, 2.05) is 27.7 Å². The average molecular weight is 410 g/mol. The van der Waals surface area contributed by atoms with E-state index in [1.54, 1.807) is 18.1 Å². The molecule has 0 aliphatic heterocycles. The Morgan fingerprint density at radius 1 is 1.28 bits per heavy atom. The number of nitrogens with one attached hydrogen (secondary N) is 2. The lowest BCUT2D eigenvalue weighted by Gasteiger charge is -2.26. The zero-order valence-corrected chi connectivity index (χ0v) is 19.5. The molecule has 0 saturated carbocycles. The number of carbonyl (C=O) groups is 1. The summed E-state index contributed by atoms with van der Waals surface area (Å²) in [5.74, 6) is 2.34. The first-order chi connectivity index (χ1) is 13.3. The number of rotatable bonds is 7. The monoisotopic (exact) mass is 409 g/mol. The number of aromatic nitrogens is 1. The number of ether oxygens (including phenoxy) is 1. The minimum absolute atomic E-state index is 0.0761. The van der Waals surface area contributed by atoms with Crippen LogP contribution in [0, 0.1) is 5.92 Å². The van der Waals surface area contributed by atoms with Crippen molar-refractivity contribution < 1.29 is 13.9 Å². The Morgan fingerprint density at radius 3 is 2.45 bits per heavy atom. The van der Waals surface area contributed by atoms with E-state index in [-0.39, 0.29) is 17.4 Å². The Kier molecular flexibility index (Phi) is 8.98. The van der Waals surface area contributed by atoms with Crippen molar-refractivity contribution in [2.45, 2.75) is 73.0 Å². The molecular weight excluding hydrogens is 370 g/mol. The highest BCUT2D eigenvalue weighted by molar-refractivity contribution is 5.79. The zero-order valence-electron chi connectivity index (χ0n) is 19.5. The molecule has 0 fully saturated rings. The normalized spacial score (nSPS) is 13.8. The quantitative estimate of drug-likeness (QED) is 0.529. The van der Waals surface area contributed by atoms with Crippen LogP contribution in [0.3, 0.4) is 0 Å². The summed E-state index contributed by atoms with van der Waals surface area (Å²) in [6, 6.07) is 0.